The Bertz CT molecular complexity index is 701. The molecule has 2 aromatic heterocycles. The number of aromatic amines is 1. The van der Waals surface area contributed by atoms with E-state index in [1.807, 2.05) is 31.2 Å². The molecule has 0 aliphatic rings. The van der Waals surface area contributed by atoms with Crippen LogP contribution in [0.25, 0.3) is 22.3 Å². The Morgan fingerprint density at radius 3 is 2.94 bits per heavy atom. The Morgan fingerprint density at radius 2 is 2.11 bits per heavy atom. The summed E-state index contributed by atoms with van der Waals surface area (Å²) in [5, 5.41) is 0. The molecule has 3 rings (SSSR count). The van der Waals surface area contributed by atoms with E-state index in [9.17, 15) is 0 Å². The monoisotopic (exact) mass is 239 g/mol. The fourth-order valence-corrected chi connectivity index (χ4v) is 1.96. The molecule has 0 atom stereocenters. The predicted octanol–water partition coefficient (Wildman–Crippen LogP) is 1.79. The number of hydrogen-bond donors (Lipinski definition) is 2. The lowest BCUT2D eigenvalue weighted by Crippen LogP contribution is -2.00. The lowest BCUT2D eigenvalue weighted by Gasteiger charge is -2.02. The molecule has 0 saturated heterocycles. The van der Waals surface area contributed by atoms with E-state index in [1.165, 1.54) is 0 Å². The smallest absolute Gasteiger partial charge is 0.116 e. The highest BCUT2D eigenvalue weighted by Gasteiger charge is 2.04. The van der Waals surface area contributed by atoms with Crippen LogP contribution in [0, 0.1) is 6.92 Å². The largest absolute Gasteiger partial charge is 0.342 e. The second kappa shape index (κ2) is 4.19. The molecule has 90 valence electrons. The van der Waals surface area contributed by atoms with E-state index in [4.69, 9.17) is 5.73 Å². The zero-order valence-electron chi connectivity index (χ0n) is 10.0. The van der Waals surface area contributed by atoms with E-state index in [2.05, 4.69) is 19.9 Å². The van der Waals surface area contributed by atoms with Crippen LogP contribution >= 0.6 is 0 Å². The van der Waals surface area contributed by atoms with Gasteiger partial charge < -0.3 is 10.7 Å². The van der Waals surface area contributed by atoms with Gasteiger partial charge in [0.15, 0.2) is 0 Å². The summed E-state index contributed by atoms with van der Waals surface area (Å²) in [5.41, 5.74) is 10.3. The molecule has 2 heterocycles. The Morgan fingerprint density at radius 1 is 1.22 bits per heavy atom. The number of rotatable bonds is 2. The van der Waals surface area contributed by atoms with Crippen molar-refractivity contribution in [1.82, 2.24) is 19.9 Å². The minimum atomic E-state index is 0.418. The number of nitrogens with one attached hydrogen (secondary N) is 1. The van der Waals surface area contributed by atoms with Crippen molar-refractivity contribution >= 4 is 11.0 Å². The van der Waals surface area contributed by atoms with Crippen LogP contribution in [0.2, 0.25) is 0 Å². The van der Waals surface area contributed by atoms with Gasteiger partial charge in [0.1, 0.15) is 12.2 Å². The van der Waals surface area contributed by atoms with Crippen molar-refractivity contribution in [1.29, 1.82) is 0 Å². The summed E-state index contributed by atoms with van der Waals surface area (Å²) in [5.74, 6) is 0.910. The highest BCUT2D eigenvalue weighted by Crippen LogP contribution is 2.21. The van der Waals surface area contributed by atoms with Gasteiger partial charge in [-0.2, -0.15) is 0 Å². The number of aryl methyl sites for hydroxylation is 1. The third-order valence-electron chi connectivity index (χ3n) is 2.83. The number of benzene rings is 1. The van der Waals surface area contributed by atoms with Crippen LogP contribution in [0.5, 0.6) is 0 Å². The molecule has 0 unspecified atom stereocenters. The molecule has 1 aromatic carbocycles. The molecule has 0 aliphatic heterocycles. The number of imidazole rings is 1. The summed E-state index contributed by atoms with van der Waals surface area (Å²) in [6.07, 6.45) is 1.54. The van der Waals surface area contributed by atoms with Crippen LogP contribution in [-0.2, 0) is 6.54 Å². The third-order valence-corrected chi connectivity index (χ3v) is 2.83. The van der Waals surface area contributed by atoms with Crippen LogP contribution in [0.3, 0.4) is 0 Å². The first-order chi connectivity index (χ1) is 8.76. The minimum absolute atomic E-state index is 0.418. The van der Waals surface area contributed by atoms with Gasteiger partial charge in [0.2, 0.25) is 0 Å². The topological polar surface area (TPSA) is 80.5 Å². The summed E-state index contributed by atoms with van der Waals surface area (Å²) in [7, 11) is 0. The third kappa shape index (κ3) is 1.84. The van der Waals surface area contributed by atoms with Crippen molar-refractivity contribution in [2.75, 3.05) is 0 Å². The normalized spacial score (nSPS) is 11.0. The van der Waals surface area contributed by atoms with E-state index in [0.717, 1.165) is 33.8 Å². The second-order valence-corrected chi connectivity index (χ2v) is 4.15. The molecule has 5 heteroatoms. The maximum atomic E-state index is 5.58. The lowest BCUT2D eigenvalue weighted by molar-refractivity contribution is 0.966. The van der Waals surface area contributed by atoms with Crippen molar-refractivity contribution < 1.29 is 0 Å². The van der Waals surface area contributed by atoms with Gasteiger partial charge in [-0.25, -0.2) is 15.0 Å². The van der Waals surface area contributed by atoms with Gasteiger partial charge in [-0.3, -0.25) is 0 Å². The maximum absolute atomic E-state index is 5.58. The molecule has 0 amide bonds. The number of nitrogens with zero attached hydrogens (tertiary/aromatic N) is 3. The summed E-state index contributed by atoms with van der Waals surface area (Å²) in [6, 6.07) is 7.94. The lowest BCUT2D eigenvalue weighted by atomic mass is 10.1. The summed E-state index contributed by atoms with van der Waals surface area (Å²) < 4.78 is 0. The number of nitrogens with two attached hydrogens (primary N) is 1. The fourth-order valence-electron chi connectivity index (χ4n) is 1.96. The first kappa shape index (κ1) is 10.9. The molecular weight excluding hydrogens is 226 g/mol. The standard InChI is InChI=1S/C13H13N5/c1-8-17-11-3-2-9(4-13(11)18-8)12-5-10(6-14)15-7-16-12/h2-5,7H,6,14H2,1H3,(H,17,18). The summed E-state index contributed by atoms with van der Waals surface area (Å²) in [4.78, 5) is 16.0. The van der Waals surface area contributed by atoms with Crippen molar-refractivity contribution in [2.24, 2.45) is 5.73 Å². The first-order valence-corrected chi connectivity index (χ1v) is 5.74. The SMILES string of the molecule is Cc1nc2ccc(-c3cc(CN)ncn3)cc2[nH]1. The molecule has 0 saturated carbocycles. The van der Waals surface area contributed by atoms with E-state index in [-0.39, 0.29) is 0 Å². The second-order valence-electron chi connectivity index (χ2n) is 4.15. The summed E-state index contributed by atoms with van der Waals surface area (Å²) in [6.45, 7) is 2.36. The van der Waals surface area contributed by atoms with Gasteiger partial charge >= 0.3 is 0 Å². The molecular formula is C13H13N5. The van der Waals surface area contributed by atoms with Gasteiger partial charge in [-0.15, -0.1) is 0 Å². The molecule has 0 fully saturated rings. The zero-order chi connectivity index (χ0) is 12.5. The van der Waals surface area contributed by atoms with Crippen LogP contribution in [0.15, 0.2) is 30.6 Å². The highest BCUT2D eigenvalue weighted by molar-refractivity contribution is 5.81. The Balaban J connectivity index is 2.12. The van der Waals surface area contributed by atoms with Gasteiger partial charge in [-0.05, 0) is 25.1 Å². The van der Waals surface area contributed by atoms with Gasteiger partial charge in [0, 0.05) is 12.1 Å². The molecule has 0 aliphatic carbocycles. The Hall–Kier alpha value is -2.27. The van der Waals surface area contributed by atoms with Gasteiger partial charge in [0.05, 0.1) is 22.4 Å². The van der Waals surface area contributed by atoms with Crippen molar-refractivity contribution in [3.8, 4) is 11.3 Å². The van der Waals surface area contributed by atoms with E-state index >= 15 is 0 Å². The number of aromatic nitrogens is 4. The van der Waals surface area contributed by atoms with Crippen LogP contribution < -0.4 is 5.73 Å². The van der Waals surface area contributed by atoms with E-state index < -0.39 is 0 Å². The minimum Gasteiger partial charge on any atom is -0.342 e. The summed E-state index contributed by atoms with van der Waals surface area (Å²) >= 11 is 0. The molecule has 5 nitrogen and oxygen atoms in total. The molecule has 0 spiro atoms. The quantitative estimate of drug-likeness (QED) is 0.714. The Labute approximate surface area is 104 Å². The molecule has 3 N–H and O–H groups in total. The number of fused-ring (bicyclic) bond motifs is 1. The molecule has 0 bridgehead atoms. The van der Waals surface area contributed by atoms with Crippen molar-refractivity contribution in [3.63, 3.8) is 0 Å². The number of hydrogen-bond acceptors (Lipinski definition) is 4. The van der Waals surface area contributed by atoms with Crippen LogP contribution in [-0.4, -0.2) is 19.9 Å². The zero-order valence-corrected chi connectivity index (χ0v) is 10.0. The first-order valence-electron chi connectivity index (χ1n) is 5.74. The van der Waals surface area contributed by atoms with Gasteiger partial charge in [-0.1, -0.05) is 6.07 Å². The molecule has 18 heavy (non-hydrogen) atoms. The average Bonchev–Trinajstić information content (AvgIpc) is 2.77. The van der Waals surface area contributed by atoms with Crippen molar-refractivity contribution in [3.05, 3.63) is 42.1 Å². The molecule has 0 radical (unpaired) electrons. The van der Waals surface area contributed by atoms with E-state index in [1.54, 1.807) is 6.33 Å². The van der Waals surface area contributed by atoms with Crippen LogP contribution in [0.1, 0.15) is 11.5 Å². The fraction of sp³-hybridized carbons (Fsp3) is 0.154. The average molecular weight is 239 g/mol. The van der Waals surface area contributed by atoms with E-state index in [0.29, 0.717) is 6.54 Å². The number of H-pyrrole nitrogens is 1. The Kier molecular flexibility index (Phi) is 2.53. The predicted molar refractivity (Wildman–Crippen MR) is 69.7 cm³/mol. The molecule has 3 aromatic rings. The highest BCUT2D eigenvalue weighted by atomic mass is 14.9. The maximum Gasteiger partial charge on any atom is 0.116 e. The van der Waals surface area contributed by atoms with Gasteiger partial charge in [0.25, 0.3) is 0 Å². The van der Waals surface area contributed by atoms with Crippen LogP contribution in [0.4, 0.5) is 0 Å². The van der Waals surface area contributed by atoms with Crippen molar-refractivity contribution in [2.45, 2.75) is 13.5 Å².